The highest BCUT2D eigenvalue weighted by Crippen LogP contribution is 2.21. The van der Waals surface area contributed by atoms with Crippen LogP contribution in [0.4, 0.5) is 0 Å². The third-order valence-corrected chi connectivity index (χ3v) is 3.53. The summed E-state index contributed by atoms with van der Waals surface area (Å²) in [5.74, 6) is -0.221. The molecule has 0 unspecified atom stereocenters. The number of carbonyl (C=O) groups excluding carboxylic acids is 1. The third-order valence-electron chi connectivity index (χ3n) is 3.53. The van der Waals surface area contributed by atoms with Crippen molar-refractivity contribution < 1.29 is 9.90 Å². The van der Waals surface area contributed by atoms with Crippen molar-refractivity contribution in [3.63, 3.8) is 0 Å². The van der Waals surface area contributed by atoms with Gasteiger partial charge in [-0.2, -0.15) is 0 Å². The van der Waals surface area contributed by atoms with Gasteiger partial charge in [-0.15, -0.1) is 0 Å². The molecule has 0 aliphatic heterocycles. The highest BCUT2D eigenvalue weighted by molar-refractivity contribution is 5.97. The first-order valence-corrected chi connectivity index (χ1v) is 6.44. The summed E-state index contributed by atoms with van der Waals surface area (Å²) in [5, 5.41) is 12.6. The molecule has 1 aliphatic carbocycles. The van der Waals surface area contributed by atoms with Crippen LogP contribution in [0.5, 0.6) is 5.75 Å². The van der Waals surface area contributed by atoms with Gasteiger partial charge in [0.25, 0.3) is 5.91 Å². The molecule has 0 bridgehead atoms. The maximum Gasteiger partial charge on any atom is 0.255 e. The largest absolute Gasteiger partial charge is 0.507 e. The van der Waals surface area contributed by atoms with Crippen LogP contribution in [0.15, 0.2) is 18.2 Å². The standard InChI is InChI=1S/C14H20N2O2/c1-9-6-7-13(17)10(8-9)14(18)16-12-5-3-2-4-11(12)15/h6-8,11-12,17H,2-5,15H2,1H3,(H,16,18)/t11-,12-/m1/s1. The second-order valence-corrected chi connectivity index (χ2v) is 5.05. The van der Waals surface area contributed by atoms with Crippen molar-refractivity contribution in [2.75, 3.05) is 0 Å². The van der Waals surface area contributed by atoms with Crippen LogP contribution in [0.3, 0.4) is 0 Å². The smallest absolute Gasteiger partial charge is 0.255 e. The Balaban J connectivity index is 2.09. The topological polar surface area (TPSA) is 75.3 Å². The molecule has 1 aromatic carbocycles. The van der Waals surface area contributed by atoms with Crippen molar-refractivity contribution in [1.29, 1.82) is 0 Å². The number of amides is 1. The lowest BCUT2D eigenvalue weighted by molar-refractivity contribution is 0.0918. The molecule has 4 nitrogen and oxygen atoms in total. The van der Waals surface area contributed by atoms with E-state index in [9.17, 15) is 9.90 Å². The summed E-state index contributed by atoms with van der Waals surface area (Å²) in [5.41, 5.74) is 7.27. The van der Waals surface area contributed by atoms with Gasteiger partial charge in [-0.25, -0.2) is 0 Å². The van der Waals surface area contributed by atoms with Gasteiger partial charge in [-0.05, 0) is 31.9 Å². The minimum atomic E-state index is -0.237. The van der Waals surface area contributed by atoms with Gasteiger partial charge >= 0.3 is 0 Å². The first kappa shape index (κ1) is 12.9. The van der Waals surface area contributed by atoms with E-state index in [2.05, 4.69) is 5.32 Å². The molecule has 0 heterocycles. The summed E-state index contributed by atoms with van der Waals surface area (Å²) in [6.07, 6.45) is 4.09. The second kappa shape index (κ2) is 5.40. The fourth-order valence-electron chi connectivity index (χ4n) is 2.42. The van der Waals surface area contributed by atoms with Crippen LogP contribution in [-0.4, -0.2) is 23.1 Å². The van der Waals surface area contributed by atoms with E-state index in [1.807, 2.05) is 6.92 Å². The number of hydrogen-bond acceptors (Lipinski definition) is 3. The Morgan fingerprint density at radius 1 is 1.39 bits per heavy atom. The Labute approximate surface area is 107 Å². The number of phenolic OH excluding ortho intramolecular Hbond substituents is 1. The van der Waals surface area contributed by atoms with Gasteiger partial charge in [0.2, 0.25) is 0 Å². The fourth-order valence-corrected chi connectivity index (χ4v) is 2.42. The van der Waals surface area contributed by atoms with Gasteiger partial charge in [-0.1, -0.05) is 24.5 Å². The normalized spacial score (nSPS) is 23.7. The molecule has 1 aliphatic rings. The van der Waals surface area contributed by atoms with E-state index in [1.165, 1.54) is 0 Å². The quantitative estimate of drug-likeness (QED) is 0.745. The van der Waals surface area contributed by atoms with Crippen LogP contribution in [0, 0.1) is 6.92 Å². The third kappa shape index (κ3) is 2.82. The molecule has 0 saturated heterocycles. The van der Waals surface area contributed by atoms with Crippen LogP contribution in [0.1, 0.15) is 41.6 Å². The molecule has 98 valence electrons. The van der Waals surface area contributed by atoms with Crippen molar-refractivity contribution in [3.8, 4) is 5.75 Å². The molecule has 1 amide bonds. The lowest BCUT2D eigenvalue weighted by Crippen LogP contribution is -2.49. The zero-order chi connectivity index (χ0) is 13.1. The van der Waals surface area contributed by atoms with Crippen LogP contribution < -0.4 is 11.1 Å². The predicted molar refractivity (Wildman–Crippen MR) is 70.5 cm³/mol. The Bertz CT molecular complexity index is 445. The average Bonchev–Trinajstić information content (AvgIpc) is 2.35. The van der Waals surface area contributed by atoms with Crippen LogP contribution >= 0.6 is 0 Å². The summed E-state index contributed by atoms with van der Waals surface area (Å²) in [7, 11) is 0. The molecule has 2 atom stereocenters. The SMILES string of the molecule is Cc1ccc(O)c(C(=O)N[C@@H]2CCCC[C@H]2N)c1. The van der Waals surface area contributed by atoms with Crippen molar-refractivity contribution in [2.24, 2.45) is 5.73 Å². The van der Waals surface area contributed by atoms with E-state index < -0.39 is 0 Å². The van der Waals surface area contributed by atoms with Crippen LogP contribution in [-0.2, 0) is 0 Å². The fraction of sp³-hybridized carbons (Fsp3) is 0.500. The monoisotopic (exact) mass is 248 g/mol. The molecule has 4 N–H and O–H groups in total. The van der Waals surface area contributed by atoms with E-state index in [0.717, 1.165) is 31.2 Å². The molecule has 4 heteroatoms. The lowest BCUT2D eigenvalue weighted by Gasteiger charge is -2.29. The summed E-state index contributed by atoms with van der Waals surface area (Å²) in [6, 6.07) is 5.06. The molecule has 0 radical (unpaired) electrons. The van der Waals surface area contributed by atoms with Crippen LogP contribution in [0.25, 0.3) is 0 Å². The van der Waals surface area contributed by atoms with Crippen molar-refractivity contribution in [2.45, 2.75) is 44.7 Å². The number of nitrogens with two attached hydrogens (primary N) is 1. The van der Waals surface area contributed by atoms with E-state index in [1.54, 1.807) is 18.2 Å². The summed E-state index contributed by atoms with van der Waals surface area (Å²) in [6.45, 7) is 1.89. The van der Waals surface area contributed by atoms with Gasteiger partial charge < -0.3 is 16.2 Å². The van der Waals surface area contributed by atoms with E-state index in [-0.39, 0.29) is 23.7 Å². The predicted octanol–water partition coefficient (Wildman–Crippen LogP) is 1.70. The Kier molecular flexibility index (Phi) is 3.87. The molecule has 18 heavy (non-hydrogen) atoms. The van der Waals surface area contributed by atoms with Crippen molar-refractivity contribution >= 4 is 5.91 Å². The number of carbonyl (C=O) groups is 1. The zero-order valence-corrected chi connectivity index (χ0v) is 10.6. The second-order valence-electron chi connectivity index (χ2n) is 5.05. The first-order valence-electron chi connectivity index (χ1n) is 6.44. The Hall–Kier alpha value is -1.55. The summed E-state index contributed by atoms with van der Waals surface area (Å²) >= 11 is 0. The van der Waals surface area contributed by atoms with E-state index in [4.69, 9.17) is 5.73 Å². The lowest BCUT2D eigenvalue weighted by atomic mass is 9.91. The molecule has 1 aromatic rings. The van der Waals surface area contributed by atoms with Gasteiger partial charge in [0.1, 0.15) is 5.75 Å². The van der Waals surface area contributed by atoms with E-state index in [0.29, 0.717) is 5.56 Å². The zero-order valence-electron chi connectivity index (χ0n) is 10.6. The number of nitrogens with one attached hydrogen (secondary N) is 1. The molecular formula is C14H20N2O2. The van der Waals surface area contributed by atoms with Crippen molar-refractivity contribution in [3.05, 3.63) is 29.3 Å². The van der Waals surface area contributed by atoms with Crippen molar-refractivity contribution in [1.82, 2.24) is 5.32 Å². The minimum absolute atomic E-state index is 0.0162. The summed E-state index contributed by atoms with van der Waals surface area (Å²) < 4.78 is 0. The highest BCUT2D eigenvalue weighted by atomic mass is 16.3. The van der Waals surface area contributed by atoms with Gasteiger partial charge in [0.05, 0.1) is 5.56 Å². The molecule has 0 spiro atoms. The number of aryl methyl sites for hydroxylation is 1. The van der Waals surface area contributed by atoms with E-state index >= 15 is 0 Å². The maximum atomic E-state index is 12.1. The van der Waals surface area contributed by atoms with Gasteiger partial charge in [0.15, 0.2) is 0 Å². The molecule has 1 saturated carbocycles. The first-order chi connectivity index (χ1) is 8.58. The Morgan fingerprint density at radius 3 is 2.83 bits per heavy atom. The molecule has 1 fully saturated rings. The number of aromatic hydroxyl groups is 1. The average molecular weight is 248 g/mol. The number of phenols is 1. The molecule has 0 aromatic heterocycles. The highest BCUT2D eigenvalue weighted by Gasteiger charge is 2.24. The van der Waals surface area contributed by atoms with Gasteiger partial charge in [-0.3, -0.25) is 4.79 Å². The number of benzene rings is 1. The van der Waals surface area contributed by atoms with Gasteiger partial charge in [0, 0.05) is 12.1 Å². The molecular weight excluding hydrogens is 228 g/mol. The number of rotatable bonds is 2. The summed E-state index contributed by atoms with van der Waals surface area (Å²) in [4.78, 5) is 12.1. The van der Waals surface area contributed by atoms with Crippen LogP contribution in [0.2, 0.25) is 0 Å². The minimum Gasteiger partial charge on any atom is -0.507 e. The maximum absolute atomic E-state index is 12.1. The Morgan fingerprint density at radius 2 is 2.11 bits per heavy atom. The number of hydrogen-bond donors (Lipinski definition) is 3. The molecule has 2 rings (SSSR count).